The Bertz CT molecular complexity index is 1430. The van der Waals surface area contributed by atoms with Crippen LogP contribution in [-0.2, 0) is 4.79 Å². The van der Waals surface area contributed by atoms with E-state index in [-0.39, 0.29) is 12.5 Å². The van der Waals surface area contributed by atoms with Crippen LogP contribution < -0.4 is 10.1 Å². The lowest BCUT2D eigenvalue weighted by Gasteiger charge is -2.13. The van der Waals surface area contributed by atoms with E-state index in [0.29, 0.717) is 22.7 Å². The van der Waals surface area contributed by atoms with Gasteiger partial charge in [-0.3, -0.25) is 4.79 Å². The second kappa shape index (κ2) is 8.19. The molecule has 0 unspecified atom stereocenters. The maximum atomic E-state index is 12.7. The summed E-state index contributed by atoms with van der Waals surface area (Å²) in [5.74, 6) is 0.950. The number of fused-ring (bicyclic) bond motifs is 3. The van der Waals surface area contributed by atoms with Crippen molar-refractivity contribution in [2.24, 2.45) is 0 Å². The molecule has 0 saturated heterocycles. The fourth-order valence-electron chi connectivity index (χ4n) is 3.91. The van der Waals surface area contributed by atoms with Gasteiger partial charge in [0.2, 0.25) is 5.89 Å². The Balaban J connectivity index is 1.42. The molecule has 0 fully saturated rings. The van der Waals surface area contributed by atoms with Gasteiger partial charge in [0.15, 0.2) is 12.2 Å². The summed E-state index contributed by atoms with van der Waals surface area (Å²) < 4.78 is 11.8. The Morgan fingerprint density at radius 3 is 2.50 bits per heavy atom. The Morgan fingerprint density at radius 1 is 0.906 bits per heavy atom. The number of para-hydroxylation sites is 2. The number of nitrogens with one attached hydrogen (secondary N) is 1. The normalized spacial score (nSPS) is 11.1. The van der Waals surface area contributed by atoms with Crippen molar-refractivity contribution < 1.29 is 13.9 Å². The van der Waals surface area contributed by atoms with E-state index in [1.165, 1.54) is 0 Å². The van der Waals surface area contributed by atoms with Gasteiger partial charge < -0.3 is 14.5 Å². The van der Waals surface area contributed by atoms with Crippen LogP contribution in [-0.4, -0.2) is 17.5 Å². The van der Waals surface area contributed by atoms with Crippen molar-refractivity contribution in [1.82, 2.24) is 4.98 Å². The molecule has 0 bridgehead atoms. The molecule has 1 heterocycles. The minimum Gasteiger partial charge on any atom is -0.483 e. The number of oxazole rings is 1. The van der Waals surface area contributed by atoms with Crippen LogP contribution >= 0.6 is 0 Å². The smallest absolute Gasteiger partial charge is 0.262 e. The first-order valence-electron chi connectivity index (χ1n) is 10.5. The first-order valence-corrected chi connectivity index (χ1v) is 10.5. The van der Waals surface area contributed by atoms with E-state index in [9.17, 15) is 4.79 Å². The number of carbonyl (C=O) groups is 1. The van der Waals surface area contributed by atoms with Crippen LogP contribution in [0.1, 0.15) is 11.1 Å². The lowest BCUT2D eigenvalue weighted by molar-refractivity contribution is -0.118. The number of hydrogen-bond acceptors (Lipinski definition) is 4. The van der Waals surface area contributed by atoms with E-state index in [1.54, 1.807) is 0 Å². The third-order valence-electron chi connectivity index (χ3n) is 5.47. The predicted molar refractivity (Wildman–Crippen MR) is 127 cm³/mol. The molecule has 32 heavy (non-hydrogen) atoms. The van der Waals surface area contributed by atoms with Crippen molar-refractivity contribution in [2.45, 2.75) is 13.8 Å². The molecule has 1 amide bonds. The highest BCUT2D eigenvalue weighted by atomic mass is 16.5. The topological polar surface area (TPSA) is 64.4 Å². The predicted octanol–water partition coefficient (Wildman–Crippen LogP) is 6.28. The van der Waals surface area contributed by atoms with Gasteiger partial charge in [-0.25, -0.2) is 4.98 Å². The van der Waals surface area contributed by atoms with E-state index in [1.807, 2.05) is 92.7 Å². The molecule has 0 aliphatic rings. The van der Waals surface area contributed by atoms with Crippen molar-refractivity contribution in [3.8, 4) is 17.2 Å². The number of hydrogen-bond donors (Lipinski definition) is 1. The number of amides is 1. The highest BCUT2D eigenvalue weighted by Gasteiger charge is 2.16. The fraction of sp³-hybridized carbons (Fsp3) is 0.111. The number of ether oxygens (including phenoxy) is 1. The number of rotatable bonds is 5. The van der Waals surface area contributed by atoms with Gasteiger partial charge in [-0.2, -0.15) is 0 Å². The second-order valence-electron chi connectivity index (χ2n) is 7.76. The molecule has 1 N–H and O–H groups in total. The Morgan fingerprint density at radius 2 is 1.66 bits per heavy atom. The number of benzene rings is 4. The van der Waals surface area contributed by atoms with Gasteiger partial charge in [0.1, 0.15) is 11.3 Å². The van der Waals surface area contributed by atoms with Gasteiger partial charge in [0, 0.05) is 5.39 Å². The van der Waals surface area contributed by atoms with Gasteiger partial charge in [0.25, 0.3) is 5.91 Å². The van der Waals surface area contributed by atoms with Crippen LogP contribution in [0, 0.1) is 13.8 Å². The third-order valence-corrected chi connectivity index (χ3v) is 5.47. The molecule has 0 aliphatic carbocycles. The molecule has 5 aromatic rings. The summed E-state index contributed by atoms with van der Waals surface area (Å²) in [6, 6.07) is 25.4. The number of aromatic nitrogens is 1. The van der Waals surface area contributed by atoms with E-state index in [2.05, 4.69) is 5.32 Å². The quantitative estimate of drug-likeness (QED) is 0.362. The third kappa shape index (κ3) is 3.69. The number of nitrogens with zero attached hydrogens (tertiary/aromatic N) is 1. The van der Waals surface area contributed by atoms with Crippen molar-refractivity contribution in [3.05, 3.63) is 90.0 Å². The molecule has 5 nitrogen and oxygen atoms in total. The molecular weight excluding hydrogens is 400 g/mol. The summed E-state index contributed by atoms with van der Waals surface area (Å²) in [6.07, 6.45) is 0. The fourth-order valence-corrected chi connectivity index (χ4v) is 3.91. The van der Waals surface area contributed by atoms with E-state index < -0.39 is 0 Å². The Labute approximate surface area is 185 Å². The van der Waals surface area contributed by atoms with Crippen LogP contribution in [0.25, 0.3) is 33.3 Å². The zero-order valence-electron chi connectivity index (χ0n) is 17.9. The Kier molecular flexibility index (Phi) is 5.07. The summed E-state index contributed by atoms with van der Waals surface area (Å²) in [5.41, 5.74) is 4.84. The molecule has 5 rings (SSSR count). The lowest BCUT2D eigenvalue weighted by Crippen LogP contribution is -2.21. The molecule has 0 spiro atoms. The van der Waals surface area contributed by atoms with Gasteiger partial charge in [-0.15, -0.1) is 0 Å². The second-order valence-corrected chi connectivity index (χ2v) is 7.76. The number of carbonyl (C=O) groups excluding carboxylic acids is 1. The summed E-state index contributed by atoms with van der Waals surface area (Å²) in [6.45, 7) is 3.84. The average Bonchev–Trinajstić information content (AvgIpc) is 3.24. The van der Waals surface area contributed by atoms with Crippen LogP contribution in [0.4, 0.5) is 5.69 Å². The first-order chi connectivity index (χ1) is 15.6. The SMILES string of the molecule is Cc1cccc(C)c1OCC(=O)Nc1ccccc1-c1nc2c(ccc3ccccc32)o1. The Hall–Kier alpha value is -4.12. The minimum atomic E-state index is -0.248. The summed E-state index contributed by atoms with van der Waals surface area (Å²) >= 11 is 0. The zero-order chi connectivity index (χ0) is 22.1. The molecule has 0 radical (unpaired) electrons. The van der Waals surface area contributed by atoms with Gasteiger partial charge in [0.05, 0.1) is 11.3 Å². The van der Waals surface area contributed by atoms with Crippen molar-refractivity contribution >= 4 is 33.5 Å². The molecule has 158 valence electrons. The van der Waals surface area contributed by atoms with Gasteiger partial charge >= 0.3 is 0 Å². The monoisotopic (exact) mass is 422 g/mol. The standard InChI is InChI=1S/C27H22N2O3/c1-17-8-7-9-18(2)26(17)31-16-24(30)28-22-13-6-5-12-21(22)27-29-25-20-11-4-3-10-19(20)14-15-23(25)32-27/h3-15H,16H2,1-2H3,(H,28,30). The maximum Gasteiger partial charge on any atom is 0.262 e. The number of aryl methyl sites for hydroxylation is 2. The summed E-state index contributed by atoms with van der Waals surface area (Å²) in [5, 5.41) is 5.07. The summed E-state index contributed by atoms with van der Waals surface area (Å²) in [7, 11) is 0. The number of anilines is 1. The zero-order valence-corrected chi connectivity index (χ0v) is 17.9. The summed E-state index contributed by atoms with van der Waals surface area (Å²) in [4.78, 5) is 17.4. The molecule has 4 aromatic carbocycles. The highest BCUT2D eigenvalue weighted by Crippen LogP contribution is 2.33. The van der Waals surface area contributed by atoms with Gasteiger partial charge in [-0.1, -0.05) is 60.7 Å². The molecule has 1 aromatic heterocycles. The lowest BCUT2D eigenvalue weighted by atomic mass is 10.1. The van der Waals surface area contributed by atoms with Crippen LogP contribution in [0.15, 0.2) is 83.3 Å². The van der Waals surface area contributed by atoms with E-state index >= 15 is 0 Å². The van der Waals surface area contributed by atoms with E-state index in [4.69, 9.17) is 14.1 Å². The van der Waals surface area contributed by atoms with E-state index in [0.717, 1.165) is 33.2 Å². The van der Waals surface area contributed by atoms with Gasteiger partial charge in [-0.05, 0) is 48.6 Å². The maximum absolute atomic E-state index is 12.7. The molecular formula is C27H22N2O3. The largest absolute Gasteiger partial charge is 0.483 e. The first kappa shape index (κ1) is 19.8. The van der Waals surface area contributed by atoms with Crippen molar-refractivity contribution in [1.29, 1.82) is 0 Å². The van der Waals surface area contributed by atoms with Crippen molar-refractivity contribution in [2.75, 3.05) is 11.9 Å². The molecule has 0 aliphatic heterocycles. The highest BCUT2D eigenvalue weighted by molar-refractivity contribution is 6.04. The van der Waals surface area contributed by atoms with Crippen LogP contribution in [0.2, 0.25) is 0 Å². The molecule has 0 atom stereocenters. The van der Waals surface area contributed by atoms with Crippen molar-refractivity contribution in [3.63, 3.8) is 0 Å². The molecule has 5 heteroatoms. The molecule has 0 saturated carbocycles. The minimum absolute atomic E-state index is 0.0851. The van der Waals surface area contributed by atoms with Crippen LogP contribution in [0.5, 0.6) is 5.75 Å². The average molecular weight is 422 g/mol. The van der Waals surface area contributed by atoms with Crippen LogP contribution in [0.3, 0.4) is 0 Å².